The third-order valence-corrected chi connectivity index (χ3v) is 6.10. The van der Waals surface area contributed by atoms with Crippen molar-refractivity contribution in [3.63, 3.8) is 0 Å². The van der Waals surface area contributed by atoms with Gasteiger partial charge >= 0.3 is 0 Å². The topological polar surface area (TPSA) is 32.5 Å². The molecular weight excluding hydrogens is 338 g/mol. The van der Waals surface area contributed by atoms with E-state index in [0.29, 0.717) is 6.54 Å². The van der Waals surface area contributed by atoms with Gasteiger partial charge < -0.3 is 15.5 Å². The third-order valence-electron chi connectivity index (χ3n) is 4.87. The van der Waals surface area contributed by atoms with Crippen molar-refractivity contribution in [3.05, 3.63) is 65.7 Å². The summed E-state index contributed by atoms with van der Waals surface area (Å²) in [6.07, 6.45) is 2.31. The maximum absolute atomic E-state index is 5.65. The quantitative estimate of drug-likeness (QED) is 0.610. The Labute approximate surface area is 161 Å². The van der Waals surface area contributed by atoms with Crippen LogP contribution in [0.25, 0.3) is 10.1 Å². The lowest BCUT2D eigenvalue weighted by Crippen LogP contribution is -2.31. The molecule has 0 fully saturated rings. The minimum absolute atomic E-state index is 0.621. The molecule has 3 aromatic rings. The van der Waals surface area contributed by atoms with Crippen molar-refractivity contribution in [1.29, 1.82) is 0 Å². The maximum Gasteiger partial charge on any atom is 0.0918 e. The third kappa shape index (κ3) is 5.07. The first-order valence-electron chi connectivity index (χ1n) is 9.32. The number of aryl methyl sites for hydroxylation is 1. The molecule has 2 N–H and O–H groups in total. The smallest absolute Gasteiger partial charge is 0.0918 e. The van der Waals surface area contributed by atoms with Crippen LogP contribution in [-0.4, -0.2) is 38.6 Å². The Balaban J connectivity index is 1.40. The average Bonchev–Trinajstić information content (AvgIpc) is 3.11. The van der Waals surface area contributed by atoms with Crippen LogP contribution in [0.4, 0.5) is 5.00 Å². The van der Waals surface area contributed by atoms with E-state index in [2.05, 4.69) is 78.5 Å². The van der Waals surface area contributed by atoms with Crippen molar-refractivity contribution in [2.75, 3.05) is 38.6 Å². The summed E-state index contributed by atoms with van der Waals surface area (Å²) in [6.45, 7) is 3.88. The zero-order chi connectivity index (χ0) is 18.4. The van der Waals surface area contributed by atoms with E-state index in [-0.39, 0.29) is 0 Å². The Morgan fingerprint density at radius 2 is 1.62 bits per heavy atom. The molecule has 4 heteroatoms. The molecule has 0 amide bonds. The first-order valence-corrected chi connectivity index (χ1v) is 10.1. The van der Waals surface area contributed by atoms with E-state index in [4.69, 9.17) is 5.73 Å². The summed E-state index contributed by atoms with van der Waals surface area (Å²) in [5.41, 5.74) is 8.26. The monoisotopic (exact) mass is 367 g/mol. The van der Waals surface area contributed by atoms with E-state index in [1.807, 2.05) is 11.3 Å². The molecule has 0 atom stereocenters. The second kappa shape index (κ2) is 9.17. The number of likely N-dealkylation sites (N-methyl/N-ethyl adjacent to an activating group) is 2. The SMILES string of the molecule is CN(CCCc1ccc(CN)cc1)CCN(C)c1cc2ccccc2s1. The molecule has 2 aromatic carbocycles. The van der Waals surface area contributed by atoms with Gasteiger partial charge in [-0.25, -0.2) is 0 Å². The minimum Gasteiger partial charge on any atom is -0.365 e. The normalized spacial score (nSPS) is 11.4. The molecule has 0 bridgehead atoms. The van der Waals surface area contributed by atoms with Gasteiger partial charge in [0.15, 0.2) is 0 Å². The summed E-state index contributed by atoms with van der Waals surface area (Å²) in [4.78, 5) is 4.80. The van der Waals surface area contributed by atoms with Gasteiger partial charge in [-0.2, -0.15) is 0 Å². The molecule has 0 aliphatic carbocycles. The van der Waals surface area contributed by atoms with Gasteiger partial charge in [0.1, 0.15) is 0 Å². The molecule has 0 saturated heterocycles. The molecule has 1 aromatic heterocycles. The lowest BCUT2D eigenvalue weighted by atomic mass is 10.1. The zero-order valence-corrected chi connectivity index (χ0v) is 16.6. The largest absolute Gasteiger partial charge is 0.365 e. The minimum atomic E-state index is 0.621. The number of hydrogen-bond donors (Lipinski definition) is 1. The second-order valence-electron chi connectivity index (χ2n) is 6.97. The highest BCUT2D eigenvalue weighted by Gasteiger charge is 2.07. The van der Waals surface area contributed by atoms with Crippen LogP contribution in [-0.2, 0) is 13.0 Å². The average molecular weight is 368 g/mol. The van der Waals surface area contributed by atoms with Gasteiger partial charge in [0.2, 0.25) is 0 Å². The molecule has 138 valence electrons. The zero-order valence-electron chi connectivity index (χ0n) is 15.8. The van der Waals surface area contributed by atoms with E-state index in [1.165, 1.54) is 32.6 Å². The fraction of sp³-hybridized carbons (Fsp3) is 0.364. The van der Waals surface area contributed by atoms with E-state index in [0.717, 1.165) is 26.1 Å². The molecule has 26 heavy (non-hydrogen) atoms. The summed E-state index contributed by atoms with van der Waals surface area (Å²) >= 11 is 1.87. The van der Waals surface area contributed by atoms with Gasteiger partial charge in [-0.3, -0.25) is 0 Å². The molecule has 0 saturated carbocycles. The van der Waals surface area contributed by atoms with Gasteiger partial charge in [-0.1, -0.05) is 42.5 Å². The predicted octanol–water partition coefficient (Wildman–Crippen LogP) is 4.36. The molecule has 0 aliphatic heterocycles. The Kier molecular flexibility index (Phi) is 6.67. The van der Waals surface area contributed by atoms with Crippen LogP contribution in [0, 0.1) is 0 Å². The first-order chi connectivity index (χ1) is 12.7. The summed E-state index contributed by atoms with van der Waals surface area (Å²) in [5.74, 6) is 0. The van der Waals surface area contributed by atoms with Crippen LogP contribution in [0.2, 0.25) is 0 Å². The summed E-state index contributed by atoms with van der Waals surface area (Å²) < 4.78 is 1.36. The highest BCUT2D eigenvalue weighted by atomic mass is 32.1. The summed E-state index contributed by atoms with van der Waals surface area (Å²) in [7, 11) is 4.41. The van der Waals surface area contributed by atoms with Crippen molar-refractivity contribution >= 4 is 26.4 Å². The van der Waals surface area contributed by atoms with Gasteiger partial charge in [0, 0.05) is 31.4 Å². The van der Waals surface area contributed by atoms with Crippen molar-refractivity contribution in [1.82, 2.24) is 4.90 Å². The molecule has 3 nitrogen and oxygen atoms in total. The van der Waals surface area contributed by atoms with E-state index in [9.17, 15) is 0 Å². The van der Waals surface area contributed by atoms with Gasteiger partial charge in [0.25, 0.3) is 0 Å². The van der Waals surface area contributed by atoms with E-state index >= 15 is 0 Å². The number of hydrogen-bond acceptors (Lipinski definition) is 4. The van der Waals surface area contributed by atoms with Crippen LogP contribution < -0.4 is 10.6 Å². The van der Waals surface area contributed by atoms with Crippen LogP contribution in [0.1, 0.15) is 17.5 Å². The van der Waals surface area contributed by atoms with Crippen molar-refractivity contribution < 1.29 is 0 Å². The van der Waals surface area contributed by atoms with Crippen molar-refractivity contribution in [3.8, 4) is 0 Å². The highest BCUT2D eigenvalue weighted by Crippen LogP contribution is 2.31. The first kappa shape index (κ1) is 18.9. The van der Waals surface area contributed by atoms with Crippen molar-refractivity contribution in [2.24, 2.45) is 5.73 Å². The summed E-state index contributed by atoms with van der Waals surface area (Å²) in [6, 6.07) is 19.6. The number of benzene rings is 2. The van der Waals surface area contributed by atoms with Gasteiger partial charge in [-0.05, 0) is 55.1 Å². The van der Waals surface area contributed by atoms with Crippen LogP contribution in [0.5, 0.6) is 0 Å². The number of nitrogens with two attached hydrogens (primary N) is 1. The maximum atomic E-state index is 5.65. The molecule has 0 radical (unpaired) electrons. The number of thiophene rings is 1. The lowest BCUT2D eigenvalue weighted by Gasteiger charge is -2.22. The number of fused-ring (bicyclic) bond motifs is 1. The molecule has 0 unspecified atom stereocenters. The molecule has 0 spiro atoms. The Morgan fingerprint density at radius 3 is 2.35 bits per heavy atom. The van der Waals surface area contributed by atoms with Crippen LogP contribution >= 0.6 is 11.3 Å². The molecule has 0 aliphatic rings. The molecule has 3 rings (SSSR count). The Bertz CT molecular complexity index is 777. The van der Waals surface area contributed by atoms with Crippen LogP contribution in [0.15, 0.2) is 54.6 Å². The van der Waals surface area contributed by atoms with Crippen molar-refractivity contribution in [2.45, 2.75) is 19.4 Å². The number of anilines is 1. The van der Waals surface area contributed by atoms with Crippen LogP contribution in [0.3, 0.4) is 0 Å². The summed E-state index contributed by atoms with van der Waals surface area (Å²) in [5, 5.41) is 2.69. The van der Waals surface area contributed by atoms with Gasteiger partial charge in [-0.15, -0.1) is 11.3 Å². The highest BCUT2D eigenvalue weighted by molar-refractivity contribution is 7.22. The number of rotatable bonds is 9. The second-order valence-corrected chi connectivity index (χ2v) is 8.03. The predicted molar refractivity (Wildman–Crippen MR) is 115 cm³/mol. The Morgan fingerprint density at radius 1 is 0.885 bits per heavy atom. The lowest BCUT2D eigenvalue weighted by molar-refractivity contribution is 0.337. The van der Waals surface area contributed by atoms with E-state index in [1.54, 1.807) is 0 Å². The molecule has 1 heterocycles. The van der Waals surface area contributed by atoms with Gasteiger partial charge in [0.05, 0.1) is 5.00 Å². The molecular formula is C22H29N3S. The fourth-order valence-electron chi connectivity index (χ4n) is 3.09. The van der Waals surface area contributed by atoms with E-state index < -0.39 is 0 Å². The fourth-order valence-corrected chi connectivity index (χ4v) is 4.14. The standard InChI is InChI=1S/C22H29N3S/c1-24(13-5-6-18-9-11-19(17-23)12-10-18)14-15-25(2)22-16-20-7-3-4-8-21(20)26-22/h3-4,7-12,16H,5-6,13-15,17,23H2,1-2H3. The number of nitrogens with zero attached hydrogens (tertiary/aromatic N) is 2. The Hall–Kier alpha value is -1.88.